The van der Waals surface area contributed by atoms with E-state index in [0.717, 1.165) is 0 Å². The molecular formula is C27H22F4N4O3S. The van der Waals surface area contributed by atoms with Gasteiger partial charge < -0.3 is 21.3 Å². The molecule has 0 aliphatic heterocycles. The number of nitrogen functional groups attached to an aromatic ring is 1. The van der Waals surface area contributed by atoms with E-state index in [-0.39, 0.29) is 23.1 Å². The summed E-state index contributed by atoms with van der Waals surface area (Å²) in [5.74, 6) is -1.49. The van der Waals surface area contributed by atoms with Gasteiger partial charge in [-0.05, 0) is 59.2 Å². The van der Waals surface area contributed by atoms with Crippen molar-refractivity contribution in [2.45, 2.75) is 22.5 Å². The molecule has 12 heteroatoms. The lowest BCUT2D eigenvalue weighted by Gasteiger charge is -2.20. The molecule has 0 aliphatic carbocycles. The average molecular weight is 559 g/mol. The quantitative estimate of drug-likeness (QED) is 0.135. The van der Waals surface area contributed by atoms with Crippen LogP contribution in [0.3, 0.4) is 0 Å². The Labute approximate surface area is 224 Å². The first-order chi connectivity index (χ1) is 18.5. The minimum atomic E-state index is -4.61. The Kier molecular flexibility index (Phi) is 8.36. The van der Waals surface area contributed by atoms with Gasteiger partial charge in [-0.15, -0.1) is 0 Å². The largest absolute Gasteiger partial charge is 0.491 e. The maximum atomic E-state index is 14.1. The minimum absolute atomic E-state index is 0.00698. The summed E-state index contributed by atoms with van der Waals surface area (Å²) in [6, 6.07) is 18.0. The maximum Gasteiger partial charge on any atom is 0.404 e. The van der Waals surface area contributed by atoms with Crippen LogP contribution in [0.15, 0.2) is 83.9 Å². The van der Waals surface area contributed by atoms with Crippen molar-refractivity contribution in [2.75, 3.05) is 12.3 Å². The van der Waals surface area contributed by atoms with Crippen LogP contribution in [0.1, 0.15) is 10.8 Å². The van der Waals surface area contributed by atoms with Crippen LogP contribution in [0.25, 0.3) is 22.4 Å². The summed E-state index contributed by atoms with van der Waals surface area (Å²) in [5, 5.41) is 6.91. The summed E-state index contributed by atoms with van der Waals surface area (Å²) in [4.78, 5) is 18.9. The number of nitrogens with two attached hydrogens (primary N) is 2. The first kappa shape index (κ1) is 27.9. The molecule has 4 aromatic rings. The number of thioether (sulfide) groups is 1. The summed E-state index contributed by atoms with van der Waals surface area (Å²) in [7, 11) is 0. The van der Waals surface area contributed by atoms with Gasteiger partial charge in [0.2, 0.25) is 5.95 Å². The highest BCUT2D eigenvalue weighted by molar-refractivity contribution is 7.99. The van der Waals surface area contributed by atoms with Gasteiger partial charge in [0.05, 0.1) is 5.69 Å². The SMILES string of the molecule is Nc1nc(SC(c2ccc(-c3cccc(F)c3)cc2)C(F)(F)F)cc(-c2ccc(OC[C@H](N)C(=O)O)cc2)n1. The molecule has 7 nitrogen and oxygen atoms in total. The second kappa shape index (κ2) is 11.7. The summed E-state index contributed by atoms with van der Waals surface area (Å²) in [5.41, 5.74) is 13.2. The Balaban J connectivity index is 1.55. The van der Waals surface area contributed by atoms with Gasteiger partial charge in [0.25, 0.3) is 0 Å². The van der Waals surface area contributed by atoms with Crippen molar-refractivity contribution in [1.29, 1.82) is 0 Å². The van der Waals surface area contributed by atoms with Crippen LogP contribution in [0, 0.1) is 5.82 Å². The maximum absolute atomic E-state index is 14.1. The summed E-state index contributed by atoms with van der Waals surface area (Å²) in [6.07, 6.45) is -4.61. The van der Waals surface area contributed by atoms with E-state index in [2.05, 4.69) is 9.97 Å². The third kappa shape index (κ3) is 7.24. The molecular weight excluding hydrogens is 536 g/mol. The van der Waals surface area contributed by atoms with Crippen molar-refractivity contribution >= 4 is 23.7 Å². The van der Waals surface area contributed by atoms with Gasteiger partial charge in [0, 0.05) is 5.56 Å². The van der Waals surface area contributed by atoms with Gasteiger partial charge in [0.15, 0.2) is 0 Å². The highest BCUT2D eigenvalue weighted by atomic mass is 32.2. The fraction of sp³-hybridized carbons (Fsp3) is 0.148. The predicted molar refractivity (Wildman–Crippen MR) is 139 cm³/mol. The van der Waals surface area contributed by atoms with Crippen molar-refractivity contribution in [3.8, 4) is 28.1 Å². The summed E-state index contributed by atoms with van der Waals surface area (Å²) in [6.45, 7) is -0.238. The highest BCUT2D eigenvalue weighted by Gasteiger charge is 2.42. The van der Waals surface area contributed by atoms with Crippen LogP contribution < -0.4 is 16.2 Å². The fourth-order valence-corrected chi connectivity index (χ4v) is 4.59. The second-order valence-corrected chi connectivity index (χ2v) is 9.53. The molecule has 0 aliphatic rings. The van der Waals surface area contributed by atoms with Crippen molar-refractivity contribution in [2.24, 2.45) is 5.73 Å². The third-order valence-electron chi connectivity index (χ3n) is 5.52. The molecule has 5 N–H and O–H groups in total. The number of benzene rings is 3. The Morgan fingerprint density at radius 3 is 2.23 bits per heavy atom. The van der Waals surface area contributed by atoms with E-state index in [1.165, 1.54) is 48.5 Å². The van der Waals surface area contributed by atoms with E-state index in [0.29, 0.717) is 39.9 Å². The number of carboxylic acid groups (broad SMARTS) is 1. The number of rotatable bonds is 9. The topological polar surface area (TPSA) is 124 Å². The molecule has 0 radical (unpaired) electrons. The number of alkyl halides is 3. The van der Waals surface area contributed by atoms with Crippen LogP contribution in [0.4, 0.5) is 23.5 Å². The lowest BCUT2D eigenvalue weighted by atomic mass is 10.0. The van der Waals surface area contributed by atoms with E-state index in [9.17, 15) is 22.4 Å². The number of ether oxygens (including phenoxy) is 1. The third-order valence-corrected chi connectivity index (χ3v) is 6.75. The normalized spacial score (nSPS) is 13.1. The molecule has 0 saturated carbocycles. The van der Waals surface area contributed by atoms with Crippen molar-refractivity contribution in [3.63, 3.8) is 0 Å². The second-order valence-electron chi connectivity index (χ2n) is 8.40. The van der Waals surface area contributed by atoms with Gasteiger partial charge in [-0.25, -0.2) is 14.4 Å². The zero-order valence-electron chi connectivity index (χ0n) is 20.1. The summed E-state index contributed by atoms with van der Waals surface area (Å²) >= 11 is 0.483. The van der Waals surface area contributed by atoms with Crippen LogP contribution in [0.5, 0.6) is 5.75 Å². The molecule has 2 atom stereocenters. The van der Waals surface area contributed by atoms with Crippen LogP contribution >= 0.6 is 11.8 Å². The van der Waals surface area contributed by atoms with Gasteiger partial charge in [0.1, 0.15) is 34.5 Å². The van der Waals surface area contributed by atoms with E-state index in [4.69, 9.17) is 21.3 Å². The average Bonchev–Trinajstić information content (AvgIpc) is 2.90. The molecule has 39 heavy (non-hydrogen) atoms. The number of anilines is 1. The van der Waals surface area contributed by atoms with Gasteiger partial charge in [-0.1, -0.05) is 48.2 Å². The molecule has 4 rings (SSSR count). The molecule has 0 fully saturated rings. The number of hydrogen-bond acceptors (Lipinski definition) is 7. The van der Waals surface area contributed by atoms with E-state index < -0.39 is 29.3 Å². The smallest absolute Gasteiger partial charge is 0.404 e. The Morgan fingerprint density at radius 2 is 1.62 bits per heavy atom. The zero-order valence-corrected chi connectivity index (χ0v) is 20.9. The van der Waals surface area contributed by atoms with Crippen molar-refractivity contribution < 1.29 is 32.2 Å². The standard InChI is InChI=1S/C27H22F4N4O3S/c28-19-3-1-2-18(12-19)15-4-6-17(7-5-15)24(27(29,30)31)39-23-13-22(34-26(33)35-23)16-8-10-20(11-9-16)38-14-21(32)25(36)37/h1-13,21,24H,14,32H2,(H,36,37)(H2,33,34,35)/t21-,24?/m0/s1. The number of hydrogen-bond donors (Lipinski definition) is 3. The molecule has 0 amide bonds. The molecule has 0 saturated heterocycles. The minimum Gasteiger partial charge on any atom is -0.491 e. The number of carboxylic acids is 1. The molecule has 0 bridgehead atoms. The first-order valence-corrected chi connectivity index (χ1v) is 12.3. The Hall–Kier alpha value is -4.16. The number of nitrogens with zero attached hydrogens (tertiary/aromatic N) is 2. The van der Waals surface area contributed by atoms with Crippen molar-refractivity contribution in [1.82, 2.24) is 9.97 Å². The molecule has 1 unspecified atom stereocenters. The number of halogens is 4. The molecule has 202 valence electrons. The first-order valence-electron chi connectivity index (χ1n) is 11.4. The molecule has 3 aromatic carbocycles. The van der Waals surface area contributed by atoms with E-state index in [1.807, 2.05) is 0 Å². The zero-order chi connectivity index (χ0) is 28.2. The predicted octanol–water partition coefficient (Wildman–Crippen LogP) is 5.72. The van der Waals surface area contributed by atoms with Crippen molar-refractivity contribution in [3.05, 3.63) is 90.2 Å². The van der Waals surface area contributed by atoms with Crippen LogP contribution in [-0.4, -0.2) is 39.9 Å². The fourth-order valence-electron chi connectivity index (χ4n) is 3.59. The molecule has 1 heterocycles. The lowest BCUT2D eigenvalue weighted by molar-refractivity contribution is -0.139. The van der Waals surface area contributed by atoms with E-state index in [1.54, 1.807) is 30.3 Å². The van der Waals surface area contributed by atoms with Crippen LogP contribution in [0.2, 0.25) is 0 Å². The van der Waals surface area contributed by atoms with Gasteiger partial charge >= 0.3 is 12.1 Å². The Bertz CT molecular complexity index is 1450. The molecule has 1 aromatic heterocycles. The summed E-state index contributed by atoms with van der Waals surface area (Å²) < 4.78 is 61.2. The van der Waals surface area contributed by atoms with E-state index >= 15 is 0 Å². The number of aromatic nitrogens is 2. The highest BCUT2D eigenvalue weighted by Crippen LogP contribution is 2.47. The lowest BCUT2D eigenvalue weighted by Crippen LogP contribution is -2.36. The number of carbonyl (C=O) groups is 1. The Morgan fingerprint density at radius 1 is 0.949 bits per heavy atom. The van der Waals surface area contributed by atoms with Gasteiger partial charge in [-0.3, -0.25) is 4.79 Å². The molecule has 0 spiro atoms. The van der Waals surface area contributed by atoms with Gasteiger partial charge in [-0.2, -0.15) is 13.2 Å². The monoisotopic (exact) mass is 558 g/mol. The number of aliphatic carboxylic acids is 1. The van der Waals surface area contributed by atoms with Crippen LogP contribution in [-0.2, 0) is 4.79 Å².